The van der Waals surface area contributed by atoms with Gasteiger partial charge in [0.25, 0.3) is 0 Å². The molecular formula is C9H11NO5. The number of aliphatic carboxylic acids is 2. The first-order valence-corrected chi connectivity index (χ1v) is 4.34. The lowest BCUT2D eigenvalue weighted by molar-refractivity contribution is -0.139. The lowest BCUT2D eigenvalue weighted by Gasteiger charge is -2.11. The van der Waals surface area contributed by atoms with Crippen LogP contribution in [0.1, 0.15) is 12.8 Å². The van der Waals surface area contributed by atoms with Crippen molar-refractivity contribution >= 4 is 17.8 Å². The van der Waals surface area contributed by atoms with Crippen LogP contribution in [0, 0.1) is 0 Å². The zero-order chi connectivity index (χ0) is 11.3. The molecule has 6 heteroatoms. The van der Waals surface area contributed by atoms with Gasteiger partial charge in [-0.2, -0.15) is 0 Å². The van der Waals surface area contributed by atoms with Crippen LogP contribution in [0.3, 0.4) is 0 Å². The van der Waals surface area contributed by atoms with E-state index in [4.69, 9.17) is 14.6 Å². The fourth-order valence-electron chi connectivity index (χ4n) is 1.06. The topological polar surface area (TPSA) is 99.8 Å². The fourth-order valence-corrected chi connectivity index (χ4v) is 1.06. The minimum atomic E-state index is -1.10. The van der Waals surface area contributed by atoms with Crippen molar-refractivity contribution in [3.8, 4) is 0 Å². The molecule has 0 fully saturated rings. The SMILES string of the molecule is O=C(O)CC[C@H](Nc1ccco1)C(=O)O. The van der Waals surface area contributed by atoms with Crippen molar-refractivity contribution in [3.05, 3.63) is 18.4 Å². The molecule has 0 radical (unpaired) electrons. The average Bonchev–Trinajstić information content (AvgIpc) is 2.63. The Hall–Kier alpha value is -1.98. The highest BCUT2D eigenvalue weighted by molar-refractivity contribution is 5.77. The molecule has 3 N–H and O–H groups in total. The third-order valence-electron chi connectivity index (χ3n) is 1.78. The van der Waals surface area contributed by atoms with Gasteiger partial charge in [0.1, 0.15) is 6.04 Å². The van der Waals surface area contributed by atoms with E-state index >= 15 is 0 Å². The Bertz CT molecular complexity index is 332. The van der Waals surface area contributed by atoms with Gasteiger partial charge in [-0.05, 0) is 12.5 Å². The van der Waals surface area contributed by atoms with Crippen LogP contribution in [0.5, 0.6) is 0 Å². The first-order valence-electron chi connectivity index (χ1n) is 4.34. The van der Waals surface area contributed by atoms with Crippen molar-refractivity contribution in [1.29, 1.82) is 0 Å². The number of anilines is 1. The highest BCUT2D eigenvalue weighted by Crippen LogP contribution is 2.11. The zero-order valence-electron chi connectivity index (χ0n) is 7.84. The Morgan fingerprint density at radius 1 is 1.47 bits per heavy atom. The van der Waals surface area contributed by atoms with E-state index in [0.29, 0.717) is 5.88 Å². The summed E-state index contributed by atoms with van der Waals surface area (Å²) in [5, 5.41) is 19.8. The standard InChI is InChI=1S/C9H11NO5/c11-8(12)4-3-6(9(13)14)10-7-2-1-5-15-7/h1-2,5-6,10H,3-4H2,(H,11,12)(H,13,14)/t6-/m0/s1. The summed E-state index contributed by atoms with van der Waals surface area (Å²) in [5.41, 5.74) is 0. The van der Waals surface area contributed by atoms with Crippen LogP contribution in [-0.2, 0) is 9.59 Å². The second-order valence-electron chi connectivity index (χ2n) is 2.94. The maximum absolute atomic E-state index is 10.7. The number of carboxylic acid groups (broad SMARTS) is 2. The number of furan rings is 1. The molecule has 6 nitrogen and oxygen atoms in total. The molecule has 0 aliphatic heterocycles. The molecule has 0 saturated carbocycles. The first-order chi connectivity index (χ1) is 7.09. The smallest absolute Gasteiger partial charge is 0.326 e. The number of rotatable bonds is 6. The molecule has 1 rings (SSSR count). The number of carbonyl (C=O) groups is 2. The fraction of sp³-hybridized carbons (Fsp3) is 0.333. The van der Waals surface area contributed by atoms with Crippen molar-refractivity contribution < 1.29 is 24.2 Å². The van der Waals surface area contributed by atoms with E-state index in [1.807, 2.05) is 0 Å². The quantitative estimate of drug-likeness (QED) is 0.652. The normalized spacial score (nSPS) is 12.0. The summed E-state index contributed by atoms with van der Waals surface area (Å²) in [6.07, 6.45) is 1.20. The van der Waals surface area contributed by atoms with Gasteiger partial charge in [-0.15, -0.1) is 0 Å². The molecule has 1 atom stereocenters. The van der Waals surface area contributed by atoms with E-state index < -0.39 is 18.0 Å². The molecule has 1 aromatic heterocycles. The molecular weight excluding hydrogens is 202 g/mol. The number of hydrogen-bond donors (Lipinski definition) is 3. The van der Waals surface area contributed by atoms with Gasteiger partial charge in [-0.3, -0.25) is 4.79 Å². The maximum Gasteiger partial charge on any atom is 0.326 e. The summed E-state index contributed by atoms with van der Waals surface area (Å²) >= 11 is 0. The third kappa shape index (κ3) is 3.72. The van der Waals surface area contributed by atoms with Gasteiger partial charge in [-0.25, -0.2) is 4.79 Å². The highest BCUT2D eigenvalue weighted by Gasteiger charge is 2.19. The molecule has 15 heavy (non-hydrogen) atoms. The molecule has 1 heterocycles. The minimum Gasteiger partial charge on any atom is -0.481 e. The van der Waals surface area contributed by atoms with Gasteiger partial charge in [0.05, 0.1) is 6.26 Å². The maximum atomic E-state index is 10.7. The van der Waals surface area contributed by atoms with Gasteiger partial charge in [0.15, 0.2) is 5.88 Å². The summed E-state index contributed by atoms with van der Waals surface area (Å²) in [6.45, 7) is 0. The molecule has 0 aromatic carbocycles. The van der Waals surface area contributed by atoms with Gasteiger partial charge >= 0.3 is 11.9 Å². The molecule has 0 aliphatic rings. The van der Waals surface area contributed by atoms with Crippen LogP contribution >= 0.6 is 0 Å². The molecule has 0 saturated heterocycles. The molecule has 0 amide bonds. The van der Waals surface area contributed by atoms with Gasteiger partial charge in [-0.1, -0.05) is 0 Å². The number of nitrogens with one attached hydrogen (secondary N) is 1. The molecule has 0 spiro atoms. The van der Waals surface area contributed by atoms with Gasteiger partial charge in [0.2, 0.25) is 0 Å². The summed E-state index contributed by atoms with van der Waals surface area (Å²) < 4.78 is 4.90. The Morgan fingerprint density at radius 3 is 2.67 bits per heavy atom. The monoisotopic (exact) mass is 213 g/mol. The Labute approximate surface area is 85.5 Å². The lowest BCUT2D eigenvalue weighted by atomic mass is 10.1. The summed E-state index contributed by atoms with van der Waals surface area (Å²) in [7, 11) is 0. The molecule has 1 aromatic rings. The highest BCUT2D eigenvalue weighted by atomic mass is 16.4. The van der Waals surface area contributed by atoms with E-state index in [0.717, 1.165) is 0 Å². The Kier molecular flexibility index (Phi) is 3.73. The predicted molar refractivity (Wildman–Crippen MR) is 50.6 cm³/mol. The Morgan fingerprint density at radius 2 is 2.20 bits per heavy atom. The Balaban J connectivity index is 2.51. The summed E-state index contributed by atoms with van der Waals surface area (Å²) in [5.74, 6) is -1.82. The first kappa shape index (κ1) is 11.1. The lowest BCUT2D eigenvalue weighted by Crippen LogP contribution is -2.29. The predicted octanol–water partition coefficient (Wildman–Crippen LogP) is 1.01. The van der Waals surface area contributed by atoms with Crippen molar-refractivity contribution in [2.24, 2.45) is 0 Å². The van der Waals surface area contributed by atoms with Crippen LogP contribution in [0.25, 0.3) is 0 Å². The van der Waals surface area contributed by atoms with E-state index in [1.165, 1.54) is 6.26 Å². The van der Waals surface area contributed by atoms with E-state index in [-0.39, 0.29) is 12.8 Å². The van der Waals surface area contributed by atoms with Crippen LogP contribution < -0.4 is 5.32 Å². The van der Waals surface area contributed by atoms with Crippen molar-refractivity contribution in [2.45, 2.75) is 18.9 Å². The van der Waals surface area contributed by atoms with Crippen LogP contribution in [-0.4, -0.2) is 28.2 Å². The van der Waals surface area contributed by atoms with Crippen LogP contribution in [0.4, 0.5) is 5.88 Å². The third-order valence-corrected chi connectivity index (χ3v) is 1.78. The molecule has 0 unspecified atom stereocenters. The molecule has 0 bridgehead atoms. The van der Waals surface area contributed by atoms with Gasteiger partial charge < -0.3 is 19.9 Å². The summed E-state index contributed by atoms with van der Waals surface area (Å²) in [6, 6.07) is 2.22. The van der Waals surface area contributed by atoms with E-state index in [2.05, 4.69) is 5.32 Å². The van der Waals surface area contributed by atoms with Crippen molar-refractivity contribution in [3.63, 3.8) is 0 Å². The second kappa shape index (κ2) is 5.04. The number of carboxylic acids is 2. The van der Waals surface area contributed by atoms with Crippen LogP contribution in [0.2, 0.25) is 0 Å². The summed E-state index contributed by atoms with van der Waals surface area (Å²) in [4.78, 5) is 21.0. The molecule has 0 aliphatic carbocycles. The van der Waals surface area contributed by atoms with Gasteiger partial charge in [0, 0.05) is 12.5 Å². The number of hydrogen-bond acceptors (Lipinski definition) is 4. The van der Waals surface area contributed by atoms with Crippen LogP contribution in [0.15, 0.2) is 22.8 Å². The van der Waals surface area contributed by atoms with E-state index in [1.54, 1.807) is 12.1 Å². The van der Waals surface area contributed by atoms with Crippen molar-refractivity contribution in [1.82, 2.24) is 0 Å². The average molecular weight is 213 g/mol. The minimum absolute atomic E-state index is 0.00532. The zero-order valence-corrected chi connectivity index (χ0v) is 7.84. The second-order valence-corrected chi connectivity index (χ2v) is 2.94. The molecule has 82 valence electrons. The van der Waals surface area contributed by atoms with E-state index in [9.17, 15) is 9.59 Å². The largest absolute Gasteiger partial charge is 0.481 e. The van der Waals surface area contributed by atoms with Crippen molar-refractivity contribution in [2.75, 3.05) is 5.32 Å².